The van der Waals surface area contributed by atoms with Crippen molar-refractivity contribution in [3.05, 3.63) is 0 Å². The molecule has 326 valence electrons. The van der Waals surface area contributed by atoms with E-state index in [4.69, 9.17) is 18.9 Å². The molecule has 0 fully saturated rings. The Bertz CT molecular complexity index is 849. The molecule has 0 aromatic carbocycles. The van der Waals surface area contributed by atoms with Gasteiger partial charge >= 0.3 is 17.9 Å². The number of hydrogen-bond acceptors (Lipinski definition) is 7. The van der Waals surface area contributed by atoms with E-state index < -0.39 is 12.1 Å². The predicted octanol–water partition coefficient (Wildman–Crippen LogP) is 13.4. The second-order valence-electron chi connectivity index (χ2n) is 16.1. The van der Waals surface area contributed by atoms with Gasteiger partial charge in [0.15, 0.2) is 6.10 Å². The van der Waals surface area contributed by atoms with E-state index in [1.807, 2.05) is 0 Å². The topological polar surface area (TPSA) is 108 Å². The minimum atomic E-state index is -1.00. The number of rotatable bonds is 44. The molecule has 0 saturated carbocycles. The Morgan fingerprint density at radius 1 is 0.400 bits per heavy atom. The van der Waals surface area contributed by atoms with Crippen molar-refractivity contribution >= 4 is 17.9 Å². The van der Waals surface area contributed by atoms with Gasteiger partial charge in [-0.25, -0.2) is 4.79 Å². The fraction of sp³-hybridized carbons (Fsp3) is 0.936. The summed E-state index contributed by atoms with van der Waals surface area (Å²) in [6.07, 6.45) is 34.1. The molecule has 0 spiro atoms. The van der Waals surface area contributed by atoms with Crippen LogP contribution in [0.5, 0.6) is 0 Å². The summed E-state index contributed by atoms with van der Waals surface area (Å²) < 4.78 is 22.7. The molecular weight excluding hydrogens is 693 g/mol. The molecule has 0 radical (unpaired) electrons. The summed E-state index contributed by atoms with van der Waals surface area (Å²) in [5, 5.41) is 9.58. The van der Waals surface area contributed by atoms with E-state index in [2.05, 4.69) is 27.7 Å². The zero-order chi connectivity index (χ0) is 40.5. The molecule has 0 rings (SSSR count). The van der Waals surface area contributed by atoms with Crippen molar-refractivity contribution in [1.29, 1.82) is 0 Å². The molecule has 55 heavy (non-hydrogen) atoms. The van der Waals surface area contributed by atoms with Crippen molar-refractivity contribution in [2.24, 2.45) is 11.8 Å². The molecule has 3 unspecified atom stereocenters. The van der Waals surface area contributed by atoms with E-state index in [0.717, 1.165) is 103 Å². The molecule has 0 aromatic heterocycles. The van der Waals surface area contributed by atoms with Crippen LogP contribution in [-0.2, 0) is 33.3 Å². The second kappa shape index (κ2) is 41.9. The lowest BCUT2D eigenvalue weighted by atomic mass is 9.94. The first-order chi connectivity index (χ1) is 26.9. The van der Waals surface area contributed by atoms with Gasteiger partial charge < -0.3 is 24.1 Å². The molecule has 0 aliphatic carbocycles. The molecule has 0 amide bonds. The zero-order valence-electron chi connectivity index (χ0n) is 36.7. The summed E-state index contributed by atoms with van der Waals surface area (Å²) >= 11 is 0. The molecule has 1 N–H and O–H groups in total. The molecule has 0 aliphatic heterocycles. The van der Waals surface area contributed by atoms with Crippen LogP contribution in [0.25, 0.3) is 0 Å². The SMILES string of the molecule is CCCCCCCCC(CCCCCC)C(=O)OCCCCCCOCC(OCCCCCCOC(=O)C(CCCCCC)CCCCCCCC)C(=O)O. The largest absolute Gasteiger partial charge is 0.479 e. The van der Waals surface area contributed by atoms with Gasteiger partial charge in [-0.15, -0.1) is 0 Å². The first-order valence-electron chi connectivity index (χ1n) is 23.7. The predicted molar refractivity (Wildman–Crippen MR) is 228 cm³/mol. The lowest BCUT2D eigenvalue weighted by Crippen LogP contribution is -2.29. The van der Waals surface area contributed by atoms with E-state index in [9.17, 15) is 19.5 Å². The number of esters is 2. The van der Waals surface area contributed by atoms with Gasteiger partial charge in [0, 0.05) is 13.2 Å². The van der Waals surface area contributed by atoms with Crippen LogP contribution in [0.1, 0.15) is 233 Å². The molecule has 3 atom stereocenters. The smallest absolute Gasteiger partial charge is 0.335 e. The van der Waals surface area contributed by atoms with Crippen LogP contribution < -0.4 is 0 Å². The Balaban J connectivity index is 4.10. The van der Waals surface area contributed by atoms with E-state index in [-0.39, 0.29) is 30.4 Å². The molecule has 0 aromatic rings. The summed E-state index contributed by atoms with van der Waals surface area (Å²) in [6.45, 7) is 10.7. The van der Waals surface area contributed by atoms with E-state index in [0.29, 0.717) is 26.4 Å². The summed E-state index contributed by atoms with van der Waals surface area (Å²) in [4.78, 5) is 37.4. The van der Waals surface area contributed by atoms with Crippen molar-refractivity contribution in [2.75, 3.05) is 33.0 Å². The van der Waals surface area contributed by atoms with Crippen LogP contribution in [0.15, 0.2) is 0 Å². The van der Waals surface area contributed by atoms with E-state index in [1.165, 1.54) is 103 Å². The number of carbonyl (C=O) groups is 3. The van der Waals surface area contributed by atoms with Gasteiger partial charge in [-0.05, 0) is 64.2 Å². The molecule has 0 bridgehead atoms. The number of carbonyl (C=O) groups excluding carboxylic acids is 2. The summed E-state index contributed by atoms with van der Waals surface area (Å²) in [6, 6.07) is 0. The van der Waals surface area contributed by atoms with Crippen molar-refractivity contribution in [1.82, 2.24) is 0 Å². The average molecular weight is 783 g/mol. The lowest BCUT2D eigenvalue weighted by molar-refractivity contribution is -0.155. The molecular formula is C47H90O8. The summed E-state index contributed by atoms with van der Waals surface area (Å²) in [7, 11) is 0. The highest BCUT2D eigenvalue weighted by atomic mass is 16.6. The third kappa shape index (κ3) is 35.2. The van der Waals surface area contributed by atoms with E-state index >= 15 is 0 Å². The van der Waals surface area contributed by atoms with Gasteiger partial charge in [0.25, 0.3) is 0 Å². The first kappa shape index (κ1) is 53.3. The zero-order valence-corrected chi connectivity index (χ0v) is 36.7. The van der Waals surface area contributed by atoms with Gasteiger partial charge in [-0.3, -0.25) is 9.59 Å². The summed E-state index contributed by atoms with van der Waals surface area (Å²) in [5.74, 6) is -0.956. The van der Waals surface area contributed by atoms with Crippen LogP contribution in [0, 0.1) is 11.8 Å². The highest BCUT2D eigenvalue weighted by Crippen LogP contribution is 2.22. The molecule has 0 heterocycles. The van der Waals surface area contributed by atoms with Gasteiger partial charge in [0.05, 0.1) is 31.7 Å². The number of carboxylic acids is 1. The van der Waals surface area contributed by atoms with E-state index in [1.54, 1.807) is 0 Å². The number of ether oxygens (including phenoxy) is 4. The lowest BCUT2D eigenvalue weighted by Gasteiger charge is -2.16. The highest BCUT2D eigenvalue weighted by molar-refractivity contribution is 5.73. The summed E-state index contributed by atoms with van der Waals surface area (Å²) in [5.41, 5.74) is 0. The average Bonchev–Trinajstić information content (AvgIpc) is 3.18. The Labute approximate surface area is 339 Å². The highest BCUT2D eigenvalue weighted by Gasteiger charge is 2.21. The van der Waals surface area contributed by atoms with Gasteiger partial charge in [-0.1, -0.05) is 169 Å². The standard InChI is InChI=1S/C47H90O8/c1-5-9-13-17-19-27-35-42(33-25-15-11-7-3)46(50)54-39-31-22-21-29-37-52-41-44(45(48)49)53-38-30-23-24-32-40-55-47(51)43(34-26-16-12-8-4)36-28-20-18-14-10-6-2/h42-44H,5-41H2,1-4H3,(H,48,49). The second-order valence-corrected chi connectivity index (χ2v) is 16.1. The normalized spacial score (nSPS) is 13.1. The number of unbranched alkanes of at least 4 members (excludes halogenated alkanes) is 22. The van der Waals surface area contributed by atoms with Crippen LogP contribution in [0.2, 0.25) is 0 Å². The van der Waals surface area contributed by atoms with Gasteiger partial charge in [0.1, 0.15) is 0 Å². The maximum Gasteiger partial charge on any atom is 0.335 e. The van der Waals surface area contributed by atoms with Crippen molar-refractivity contribution in [3.63, 3.8) is 0 Å². The Kier molecular flexibility index (Phi) is 40.7. The molecule has 0 aliphatic rings. The Hall–Kier alpha value is -1.67. The van der Waals surface area contributed by atoms with Gasteiger partial charge in [0.2, 0.25) is 0 Å². The maximum absolute atomic E-state index is 12.8. The van der Waals surface area contributed by atoms with Crippen molar-refractivity contribution < 1.29 is 38.4 Å². The third-order valence-electron chi connectivity index (χ3n) is 10.9. The van der Waals surface area contributed by atoms with Crippen molar-refractivity contribution in [2.45, 2.75) is 239 Å². The fourth-order valence-electron chi connectivity index (χ4n) is 7.14. The monoisotopic (exact) mass is 783 g/mol. The minimum absolute atomic E-state index is 0.00977. The van der Waals surface area contributed by atoms with Gasteiger partial charge in [-0.2, -0.15) is 0 Å². The Morgan fingerprint density at radius 3 is 1.09 bits per heavy atom. The molecule has 8 heteroatoms. The number of hydrogen-bond donors (Lipinski definition) is 1. The Morgan fingerprint density at radius 2 is 0.709 bits per heavy atom. The first-order valence-corrected chi connectivity index (χ1v) is 23.7. The number of carboxylic acid groups (broad SMARTS) is 1. The number of aliphatic carboxylic acids is 1. The van der Waals surface area contributed by atoms with Crippen LogP contribution in [-0.4, -0.2) is 62.2 Å². The quantitative estimate of drug-likeness (QED) is 0.0481. The van der Waals surface area contributed by atoms with Crippen LogP contribution in [0.4, 0.5) is 0 Å². The fourth-order valence-corrected chi connectivity index (χ4v) is 7.14. The van der Waals surface area contributed by atoms with Crippen molar-refractivity contribution in [3.8, 4) is 0 Å². The molecule has 0 saturated heterocycles. The molecule has 8 nitrogen and oxygen atoms in total. The van der Waals surface area contributed by atoms with Crippen LogP contribution >= 0.6 is 0 Å². The third-order valence-corrected chi connectivity index (χ3v) is 10.9. The maximum atomic E-state index is 12.8. The minimum Gasteiger partial charge on any atom is -0.479 e. The van der Waals surface area contributed by atoms with Crippen LogP contribution in [0.3, 0.4) is 0 Å².